The van der Waals surface area contributed by atoms with E-state index in [9.17, 15) is 0 Å². The number of nitrogens with two attached hydrogens (primary N) is 1. The van der Waals surface area contributed by atoms with Gasteiger partial charge in [0, 0.05) is 6.04 Å². The minimum absolute atomic E-state index is 0.217. The van der Waals surface area contributed by atoms with Crippen LogP contribution in [0, 0.1) is 13.8 Å². The van der Waals surface area contributed by atoms with E-state index in [1.54, 1.807) is 0 Å². The van der Waals surface area contributed by atoms with E-state index < -0.39 is 0 Å². The van der Waals surface area contributed by atoms with Crippen LogP contribution < -0.4 is 5.73 Å². The van der Waals surface area contributed by atoms with Crippen LogP contribution >= 0.6 is 0 Å². The largest absolute Gasteiger partial charge is 0.324 e. The van der Waals surface area contributed by atoms with Crippen molar-refractivity contribution in [2.24, 2.45) is 5.73 Å². The molecule has 1 nitrogen and oxygen atoms in total. The van der Waals surface area contributed by atoms with Crippen molar-refractivity contribution in [2.45, 2.75) is 91.0 Å². The van der Waals surface area contributed by atoms with Gasteiger partial charge in [0.25, 0.3) is 0 Å². The summed E-state index contributed by atoms with van der Waals surface area (Å²) in [5.74, 6) is 0. The second-order valence-corrected chi connectivity index (χ2v) is 6.58. The Morgan fingerprint density at radius 1 is 0.857 bits per heavy atom. The Bertz CT molecular complexity index is 383. The van der Waals surface area contributed by atoms with Crippen LogP contribution in [0.15, 0.2) is 18.2 Å². The van der Waals surface area contributed by atoms with E-state index in [1.165, 1.54) is 74.5 Å². The van der Waals surface area contributed by atoms with Crippen molar-refractivity contribution < 1.29 is 0 Å². The number of hydrogen-bond acceptors (Lipinski definition) is 1. The van der Waals surface area contributed by atoms with Crippen molar-refractivity contribution >= 4 is 0 Å². The normalized spacial score (nSPS) is 12.6. The molecule has 0 spiro atoms. The molecule has 21 heavy (non-hydrogen) atoms. The Morgan fingerprint density at radius 3 is 2.05 bits per heavy atom. The molecule has 1 atom stereocenters. The van der Waals surface area contributed by atoms with Crippen LogP contribution in [-0.4, -0.2) is 0 Å². The molecule has 1 heteroatoms. The summed E-state index contributed by atoms with van der Waals surface area (Å²) in [6, 6.07) is 6.84. The molecule has 0 aliphatic carbocycles. The van der Waals surface area contributed by atoms with Gasteiger partial charge in [-0.05, 0) is 31.4 Å². The summed E-state index contributed by atoms with van der Waals surface area (Å²) in [6.07, 6.45) is 13.5. The number of benzene rings is 1. The third-order valence-corrected chi connectivity index (χ3v) is 4.45. The predicted molar refractivity (Wildman–Crippen MR) is 94.7 cm³/mol. The summed E-state index contributed by atoms with van der Waals surface area (Å²) in [4.78, 5) is 0. The number of aryl methyl sites for hydroxylation is 2. The van der Waals surface area contributed by atoms with Crippen molar-refractivity contribution in [1.29, 1.82) is 0 Å². The van der Waals surface area contributed by atoms with Crippen molar-refractivity contribution in [3.63, 3.8) is 0 Å². The van der Waals surface area contributed by atoms with Crippen LogP contribution in [0.25, 0.3) is 0 Å². The van der Waals surface area contributed by atoms with Gasteiger partial charge in [-0.25, -0.2) is 0 Å². The van der Waals surface area contributed by atoms with Crippen LogP contribution in [0.3, 0.4) is 0 Å². The Hall–Kier alpha value is -0.820. The molecule has 1 aromatic rings. The highest BCUT2D eigenvalue weighted by Gasteiger charge is 2.08. The fourth-order valence-electron chi connectivity index (χ4n) is 2.99. The smallest absolute Gasteiger partial charge is 0.0297 e. The lowest BCUT2D eigenvalue weighted by Gasteiger charge is -2.15. The SMILES string of the molecule is CCCCCCCCCCCC(N)c1cc(C)ccc1C. The molecule has 0 saturated carbocycles. The van der Waals surface area contributed by atoms with Gasteiger partial charge in [0.1, 0.15) is 0 Å². The van der Waals surface area contributed by atoms with Gasteiger partial charge < -0.3 is 5.73 Å². The van der Waals surface area contributed by atoms with Gasteiger partial charge in [-0.3, -0.25) is 0 Å². The molecule has 0 fully saturated rings. The Labute approximate surface area is 132 Å². The molecule has 1 aromatic carbocycles. The molecule has 0 bridgehead atoms. The van der Waals surface area contributed by atoms with Gasteiger partial charge in [-0.15, -0.1) is 0 Å². The van der Waals surface area contributed by atoms with E-state index in [2.05, 4.69) is 39.0 Å². The van der Waals surface area contributed by atoms with Crippen LogP contribution in [0.2, 0.25) is 0 Å². The molecule has 0 heterocycles. The number of rotatable bonds is 11. The highest BCUT2D eigenvalue weighted by Crippen LogP contribution is 2.22. The molecule has 0 aromatic heterocycles. The van der Waals surface area contributed by atoms with E-state index >= 15 is 0 Å². The van der Waals surface area contributed by atoms with Gasteiger partial charge >= 0.3 is 0 Å². The number of hydrogen-bond donors (Lipinski definition) is 1. The third kappa shape index (κ3) is 7.66. The molecule has 1 unspecified atom stereocenters. The van der Waals surface area contributed by atoms with Gasteiger partial charge in [0.15, 0.2) is 0 Å². The molecule has 0 amide bonds. The van der Waals surface area contributed by atoms with Crippen molar-refractivity contribution in [3.05, 3.63) is 34.9 Å². The quantitative estimate of drug-likeness (QED) is 0.480. The zero-order valence-electron chi connectivity index (χ0n) is 14.5. The summed E-state index contributed by atoms with van der Waals surface area (Å²) < 4.78 is 0. The van der Waals surface area contributed by atoms with E-state index in [0.29, 0.717) is 0 Å². The standard InChI is InChI=1S/C20H35N/c1-4-5-6-7-8-9-10-11-12-13-20(21)19-16-17(2)14-15-18(19)3/h14-16,20H,4-13,21H2,1-3H3. The summed E-state index contributed by atoms with van der Waals surface area (Å²) in [5, 5.41) is 0. The Balaban J connectivity index is 2.11. The van der Waals surface area contributed by atoms with E-state index in [0.717, 1.165) is 6.42 Å². The highest BCUT2D eigenvalue weighted by molar-refractivity contribution is 5.32. The second kappa shape index (κ2) is 10.8. The first kappa shape index (κ1) is 18.2. The molecule has 0 saturated heterocycles. The van der Waals surface area contributed by atoms with Gasteiger partial charge in [0.2, 0.25) is 0 Å². The average Bonchev–Trinajstić information content (AvgIpc) is 2.48. The monoisotopic (exact) mass is 289 g/mol. The summed E-state index contributed by atoms with van der Waals surface area (Å²) in [7, 11) is 0. The van der Waals surface area contributed by atoms with Crippen LogP contribution in [0.1, 0.15) is 93.9 Å². The third-order valence-electron chi connectivity index (χ3n) is 4.45. The van der Waals surface area contributed by atoms with E-state index in [1.807, 2.05) is 0 Å². The highest BCUT2D eigenvalue weighted by atomic mass is 14.6. The van der Waals surface area contributed by atoms with Crippen LogP contribution in [0.5, 0.6) is 0 Å². The zero-order valence-corrected chi connectivity index (χ0v) is 14.5. The topological polar surface area (TPSA) is 26.0 Å². The Morgan fingerprint density at radius 2 is 1.43 bits per heavy atom. The fourth-order valence-corrected chi connectivity index (χ4v) is 2.99. The average molecular weight is 290 g/mol. The minimum atomic E-state index is 0.217. The Kier molecular flexibility index (Phi) is 9.41. The maximum Gasteiger partial charge on any atom is 0.0297 e. The first-order valence-corrected chi connectivity index (χ1v) is 8.98. The molecular formula is C20H35N. The number of unbranched alkanes of at least 4 members (excludes halogenated alkanes) is 8. The van der Waals surface area contributed by atoms with Crippen molar-refractivity contribution in [3.8, 4) is 0 Å². The fraction of sp³-hybridized carbons (Fsp3) is 0.700. The van der Waals surface area contributed by atoms with Gasteiger partial charge in [-0.2, -0.15) is 0 Å². The molecule has 0 aliphatic rings. The second-order valence-electron chi connectivity index (χ2n) is 6.58. The molecular weight excluding hydrogens is 254 g/mol. The van der Waals surface area contributed by atoms with E-state index in [4.69, 9.17) is 5.73 Å². The molecule has 0 aliphatic heterocycles. The first-order valence-electron chi connectivity index (χ1n) is 8.98. The van der Waals surface area contributed by atoms with Gasteiger partial charge in [-0.1, -0.05) is 88.5 Å². The molecule has 0 radical (unpaired) electrons. The molecule has 120 valence electrons. The van der Waals surface area contributed by atoms with Gasteiger partial charge in [0.05, 0.1) is 0 Å². The zero-order chi connectivity index (χ0) is 15.5. The maximum atomic E-state index is 6.36. The molecule has 1 rings (SSSR count). The predicted octanol–water partition coefficient (Wildman–Crippen LogP) is 6.22. The first-order chi connectivity index (χ1) is 10.1. The van der Waals surface area contributed by atoms with Crippen LogP contribution in [0.4, 0.5) is 0 Å². The lowest BCUT2D eigenvalue weighted by Crippen LogP contribution is -2.11. The van der Waals surface area contributed by atoms with E-state index in [-0.39, 0.29) is 6.04 Å². The maximum absolute atomic E-state index is 6.36. The minimum Gasteiger partial charge on any atom is -0.324 e. The lowest BCUT2D eigenvalue weighted by molar-refractivity contribution is 0.531. The van der Waals surface area contributed by atoms with Crippen molar-refractivity contribution in [2.75, 3.05) is 0 Å². The van der Waals surface area contributed by atoms with Crippen molar-refractivity contribution in [1.82, 2.24) is 0 Å². The lowest BCUT2D eigenvalue weighted by atomic mass is 9.95. The summed E-state index contributed by atoms with van der Waals surface area (Å²) in [5.41, 5.74) is 10.4. The summed E-state index contributed by atoms with van der Waals surface area (Å²) in [6.45, 7) is 6.60. The van der Waals surface area contributed by atoms with Crippen LogP contribution in [-0.2, 0) is 0 Å². The molecule has 2 N–H and O–H groups in total. The summed E-state index contributed by atoms with van der Waals surface area (Å²) >= 11 is 0.